The molecule has 1 fully saturated rings. The zero-order chi connectivity index (χ0) is 7.78. The molecule has 1 N–H and O–H groups in total. The minimum absolute atomic E-state index is 0.0337. The lowest BCUT2D eigenvalue weighted by Gasteiger charge is -2.23. The van der Waals surface area contributed by atoms with Crippen LogP contribution in [0, 0.1) is 5.92 Å². The van der Waals surface area contributed by atoms with Crippen molar-refractivity contribution in [3.8, 4) is 0 Å². The monoisotopic (exact) mass is 163 g/mol. The zero-order valence-corrected chi connectivity index (χ0v) is 6.69. The summed E-state index contributed by atoms with van der Waals surface area (Å²) in [6.07, 6.45) is 1.43. The Kier molecular flexibility index (Phi) is 2.12. The highest BCUT2D eigenvalue weighted by Gasteiger charge is 2.48. The molecule has 1 aliphatic carbocycles. The van der Waals surface area contributed by atoms with E-state index in [1.807, 2.05) is 0 Å². The number of aliphatic hydroxyl groups excluding tert-OH is 1. The Balaban J connectivity index is 2.60. The molecular weight excluding hydrogens is 152 g/mol. The fraction of sp³-hybridized carbons (Fsp3) is 1.00. The van der Waals surface area contributed by atoms with E-state index in [4.69, 9.17) is 5.11 Å². The maximum atomic E-state index is 10.6. The molecule has 0 amide bonds. The van der Waals surface area contributed by atoms with Crippen molar-refractivity contribution in [3.05, 3.63) is 0 Å². The minimum atomic E-state index is -2.00. The first-order chi connectivity index (χ1) is 4.63. The third kappa shape index (κ3) is 1.11. The molecule has 4 heteroatoms. The number of hydrogen-bond donors (Lipinski definition) is 1. The summed E-state index contributed by atoms with van der Waals surface area (Å²) in [5.41, 5.74) is 0. The van der Waals surface area contributed by atoms with Crippen LogP contribution in [0.25, 0.3) is 0 Å². The number of rotatable bonds is 3. The highest BCUT2D eigenvalue weighted by atomic mass is 32.2. The van der Waals surface area contributed by atoms with Gasteiger partial charge in [0.25, 0.3) is 0 Å². The molecule has 10 heavy (non-hydrogen) atoms. The SMILES string of the molecule is CC(CO)C1(S(=O)[O-])CC1. The van der Waals surface area contributed by atoms with Gasteiger partial charge in [-0.1, -0.05) is 6.92 Å². The van der Waals surface area contributed by atoms with E-state index in [1.54, 1.807) is 6.92 Å². The summed E-state index contributed by atoms with van der Waals surface area (Å²) in [6.45, 7) is 1.73. The van der Waals surface area contributed by atoms with Crippen molar-refractivity contribution in [1.29, 1.82) is 0 Å². The highest BCUT2D eigenvalue weighted by molar-refractivity contribution is 7.81. The molecule has 0 aromatic rings. The Bertz CT molecular complexity index is 153. The fourth-order valence-electron chi connectivity index (χ4n) is 1.11. The van der Waals surface area contributed by atoms with E-state index in [2.05, 4.69) is 0 Å². The van der Waals surface area contributed by atoms with Gasteiger partial charge in [-0.25, -0.2) is 0 Å². The average molecular weight is 163 g/mol. The molecule has 0 spiro atoms. The van der Waals surface area contributed by atoms with E-state index >= 15 is 0 Å². The van der Waals surface area contributed by atoms with Crippen LogP contribution in [0.2, 0.25) is 0 Å². The van der Waals surface area contributed by atoms with Crippen LogP contribution in [0.4, 0.5) is 0 Å². The quantitative estimate of drug-likeness (QED) is 0.597. The highest BCUT2D eigenvalue weighted by Crippen LogP contribution is 2.46. The van der Waals surface area contributed by atoms with Crippen LogP contribution in [0.1, 0.15) is 19.8 Å². The molecule has 1 rings (SSSR count). The molecule has 2 unspecified atom stereocenters. The van der Waals surface area contributed by atoms with Crippen molar-refractivity contribution >= 4 is 11.1 Å². The first kappa shape index (κ1) is 8.17. The lowest BCUT2D eigenvalue weighted by Crippen LogP contribution is -2.27. The predicted octanol–water partition coefficient (Wildman–Crippen LogP) is 0.0265. The Labute approximate surface area is 62.7 Å². The Morgan fingerprint density at radius 1 is 1.80 bits per heavy atom. The first-order valence-corrected chi connectivity index (χ1v) is 4.41. The molecule has 0 bridgehead atoms. The van der Waals surface area contributed by atoms with Gasteiger partial charge in [-0.05, 0) is 29.8 Å². The van der Waals surface area contributed by atoms with Gasteiger partial charge in [-0.15, -0.1) is 0 Å². The summed E-state index contributed by atoms with van der Waals surface area (Å²) < 4.78 is 20.6. The Morgan fingerprint density at radius 2 is 2.30 bits per heavy atom. The summed E-state index contributed by atoms with van der Waals surface area (Å²) in [5, 5.41) is 8.69. The minimum Gasteiger partial charge on any atom is -0.772 e. The van der Waals surface area contributed by atoms with Crippen molar-refractivity contribution in [2.24, 2.45) is 5.92 Å². The smallest absolute Gasteiger partial charge is 0.0470 e. The van der Waals surface area contributed by atoms with E-state index < -0.39 is 15.8 Å². The van der Waals surface area contributed by atoms with Gasteiger partial charge >= 0.3 is 0 Å². The largest absolute Gasteiger partial charge is 0.772 e. The van der Waals surface area contributed by atoms with Crippen LogP contribution in [-0.2, 0) is 11.1 Å². The zero-order valence-electron chi connectivity index (χ0n) is 5.87. The van der Waals surface area contributed by atoms with Crippen molar-refractivity contribution in [3.63, 3.8) is 0 Å². The van der Waals surface area contributed by atoms with Crippen LogP contribution < -0.4 is 0 Å². The molecule has 2 atom stereocenters. The van der Waals surface area contributed by atoms with Crippen LogP contribution in [0.3, 0.4) is 0 Å². The third-order valence-electron chi connectivity index (χ3n) is 2.25. The second kappa shape index (κ2) is 2.60. The van der Waals surface area contributed by atoms with Gasteiger partial charge in [0.15, 0.2) is 0 Å². The van der Waals surface area contributed by atoms with Gasteiger partial charge in [-0.3, -0.25) is 4.21 Å². The van der Waals surface area contributed by atoms with Gasteiger partial charge in [0.05, 0.1) is 0 Å². The third-order valence-corrected chi connectivity index (χ3v) is 3.72. The molecule has 0 saturated heterocycles. The van der Waals surface area contributed by atoms with Gasteiger partial charge in [-0.2, -0.15) is 0 Å². The van der Waals surface area contributed by atoms with E-state index in [-0.39, 0.29) is 12.5 Å². The van der Waals surface area contributed by atoms with Gasteiger partial charge < -0.3 is 9.66 Å². The summed E-state index contributed by atoms with van der Waals surface area (Å²) in [4.78, 5) is 0. The van der Waals surface area contributed by atoms with Crippen LogP contribution >= 0.6 is 0 Å². The van der Waals surface area contributed by atoms with Crippen molar-refractivity contribution in [2.45, 2.75) is 24.5 Å². The maximum absolute atomic E-state index is 10.6. The molecule has 0 heterocycles. The van der Waals surface area contributed by atoms with Crippen molar-refractivity contribution in [1.82, 2.24) is 0 Å². The normalized spacial score (nSPS) is 27.5. The number of hydrogen-bond acceptors (Lipinski definition) is 3. The topological polar surface area (TPSA) is 60.4 Å². The predicted molar refractivity (Wildman–Crippen MR) is 37.1 cm³/mol. The molecule has 60 valence electrons. The summed E-state index contributed by atoms with van der Waals surface area (Å²) in [5.74, 6) is -0.106. The average Bonchev–Trinajstić information content (AvgIpc) is 2.65. The summed E-state index contributed by atoms with van der Waals surface area (Å²) in [6, 6.07) is 0. The van der Waals surface area contributed by atoms with E-state index in [0.717, 1.165) is 0 Å². The summed E-state index contributed by atoms with van der Waals surface area (Å²) >= 11 is -2.00. The molecule has 0 aromatic carbocycles. The van der Waals surface area contributed by atoms with Gasteiger partial charge in [0, 0.05) is 11.4 Å². The van der Waals surface area contributed by atoms with Gasteiger partial charge in [0.2, 0.25) is 0 Å². The molecular formula is C6H11O3S-. The molecule has 0 radical (unpaired) electrons. The van der Waals surface area contributed by atoms with Crippen molar-refractivity contribution in [2.75, 3.05) is 6.61 Å². The Hall–Kier alpha value is 0.0700. The van der Waals surface area contributed by atoms with Crippen molar-refractivity contribution < 1.29 is 13.9 Å². The second-order valence-electron chi connectivity index (χ2n) is 2.88. The van der Waals surface area contributed by atoms with Crippen LogP contribution in [0.15, 0.2) is 0 Å². The maximum Gasteiger partial charge on any atom is 0.0470 e. The van der Waals surface area contributed by atoms with Gasteiger partial charge in [0.1, 0.15) is 0 Å². The first-order valence-electron chi connectivity index (χ1n) is 3.34. The standard InChI is InChI=1S/C6H12O3S/c1-5(4-7)6(2-3-6)10(8)9/h5,7H,2-4H2,1H3,(H,8,9)/p-1. The fourth-order valence-corrected chi connectivity index (χ4v) is 1.95. The Morgan fingerprint density at radius 3 is 2.40 bits per heavy atom. The van der Waals surface area contributed by atoms with E-state index in [9.17, 15) is 8.76 Å². The lowest BCUT2D eigenvalue weighted by atomic mass is 10.1. The van der Waals surface area contributed by atoms with Crippen LogP contribution in [0.5, 0.6) is 0 Å². The molecule has 0 aliphatic heterocycles. The molecule has 0 aromatic heterocycles. The van der Waals surface area contributed by atoms with Crippen LogP contribution in [-0.4, -0.2) is 25.2 Å². The summed E-state index contributed by atoms with van der Waals surface area (Å²) in [7, 11) is 0. The van der Waals surface area contributed by atoms with E-state index in [0.29, 0.717) is 12.8 Å². The number of aliphatic hydroxyl groups is 1. The second-order valence-corrected chi connectivity index (χ2v) is 4.17. The molecule has 1 aliphatic rings. The molecule has 3 nitrogen and oxygen atoms in total. The van der Waals surface area contributed by atoms with E-state index in [1.165, 1.54) is 0 Å². The lowest BCUT2D eigenvalue weighted by molar-refractivity contribution is 0.226. The molecule has 1 saturated carbocycles.